The summed E-state index contributed by atoms with van der Waals surface area (Å²) in [6.07, 6.45) is 4.93. The van der Waals surface area contributed by atoms with Crippen molar-refractivity contribution in [1.82, 2.24) is 4.90 Å². The van der Waals surface area contributed by atoms with Gasteiger partial charge < -0.3 is 4.90 Å². The highest BCUT2D eigenvalue weighted by Gasteiger charge is 2.06. The summed E-state index contributed by atoms with van der Waals surface area (Å²) in [4.78, 5) is 13.3. The van der Waals surface area contributed by atoms with Gasteiger partial charge in [0, 0.05) is 19.5 Å². The van der Waals surface area contributed by atoms with Gasteiger partial charge in [-0.15, -0.1) is 5.92 Å². The molecule has 15 heavy (non-hydrogen) atoms. The molecule has 0 spiro atoms. The van der Waals surface area contributed by atoms with E-state index in [9.17, 15) is 4.79 Å². The summed E-state index contributed by atoms with van der Waals surface area (Å²) in [6, 6.07) is 0. The van der Waals surface area contributed by atoms with Crippen molar-refractivity contribution in [1.29, 1.82) is 0 Å². The quantitative estimate of drug-likeness (QED) is 0.486. The summed E-state index contributed by atoms with van der Waals surface area (Å²) in [5, 5.41) is 0. The van der Waals surface area contributed by atoms with Crippen molar-refractivity contribution in [3.63, 3.8) is 0 Å². The first-order chi connectivity index (χ1) is 7.26. The molecule has 0 radical (unpaired) electrons. The lowest BCUT2D eigenvalue weighted by atomic mass is 10.2. The zero-order valence-electron chi connectivity index (χ0n) is 10.3. The molecule has 1 amide bonds. The first-order valence-corrected chi connectivity index (χ1v) is 5.99. The molecule has 0 saturated heterocycles. The Kier molecular flexibility index (Phi) is 8.96. The third-order valence-electron chi connectivity index (χ3n) is 2.39. The van der Waals surface area contributed by atoms with Crippen LogP contribution in [0.15, 0.2) is 0 Å². The molecule has 0 atom stereocenters. The maximum Gasteiger partial charge on any atom is 0.234 e. The molecule has 0 fully saturated rings. The lowest BCUT2D eigenvalue weighted by Crippen LogP contribution is -2.29. The summed E-state index contributed by atoms with van der Waals surface area (Å²) in [5.41, 5.74) is 0. The van der Waals surface area contributed by atoms with E-state index in [0.29, 0.717) is 6.42 Å². The van der Waals surface area contributed by atoms with Gasteiger partial charge in [0.05, 0.1) is 6.42 Å². The van der Waals surface area contributed by atoms with E-state index in [1.54, 1.807) is 0 Å². The van der Waals surface area contributed by atoms with E-state index in [0.717, 1.165) is 25.9 Å². The number of unbranched alkanes of at least 4 members (excludes halogenated alkanes) is 3. The molecule has 0 heterocycles. The summed E-state index contributed by atoms with van der Waals surface area (Å²) in [5.74, 6) is 6.16. The molecule has 0 unspecified atom stereocenters. The molecule has 0 rings (SSSR count). The van der Waals surface area contributed by atoms with E-state index >= 15 is 0 Å². The predicted molar refractivity (Wildman–Crippen MR) is 64.5 cm³/mol. The zero-order valence-corrected chi connectivity index (χ0v) is 10.3. The SMILES string of the molecule is CCCCCC#CCC(=O)N(CC)CC. The third-order valence-corrected chi connectivity index (χ3v) is 2.39. The normalized spacial score (nSPS) is 9.27. The minimum Gasteiger partial charge on any atom is -0.342 e. The average Bonchev–Trinajstić information content (AvgIpc) is 2.25. The number of carbonyl (C=O) groups is 1. The average molecular weight is 209 g/mol. The minimum atomic E-state index is 0.156. The van der Waals surface area contributed by atoms with Gasteiger partial charge in [-0.1, -0.05) is 25.7 Å². The molecule has 0 saturated carbocycles. The van der Waals surface area contributed by atoms with E-state index in [1.165, 1.54) is 12.8 Å². The Morgan fingerprint density at radius 3 is 2.27 bits per heavy atom. The van der Waals surface area contributed by atoms with E-state index in [1.807, 2.05) is 18.7 Å². The first kappa shape index (κ1) is 14.0. The third kappa shape index (κ3) is 7.02. The Bertz CT molecular complexity index is 220. The fourth-order valence-corrected chi connectivity index (χ4v) is 1.38. The number of rotatable bonds is 6. The molecule has 0 aromatic rings. The molecular formula is C13H23NO. The van der Waals surface area contributed by atoms with Crippen LogP contribution in [0.2, 0.25) is 0 Å². The first-order valence-electron chi connectivity index (χ1n) is 5.99. The Morgan fingerprint density at radius 2 is 1.73 bits per heavy atom. The van der Waals surface area contributed by atoms with Crippen molar-refractivity contribution in [3.05, 3.63) is 0 Å². The molecule has 0 aromatic heterocycles. The predicted octanol–water partition coefficient (Wildman–Crippen LogP) is 2.83. The van der Waals surface area contributed by atoms with Crippen LogP contribution < -0.4 is 0 Å². The number of hydrogen-bond donors (Lipinski definition) is 0. The van der Waals surface area contributed by atoms with Crippen LogP contribution in [0.3, 0.4) is 0 Å². The molecular weight excluding hydrogens is 186 g/mol. The van der Waals surface area contributed by atoms with Crippen LogP contribution in [0.5, 0.6) is 0 Å². The fourth-order valence-electron chi connectivity index (χ4n) is 1.38. The van der Waals surface area contributed by atoms with Crippen LogP contribution in [0.1, 0.15) is 52.9 Å². The van der Waals surface area contributed by atoms with Crippen molar-refractivity contribution in [2.45, 2.75) is 52.9 Å². The molecule has 2 heteroatoms. The van der Waals surface area contributed by atoms with Crippen molar-refractivity contribution >= 4 is 5.91 Å². The van der Waals surface area contributed by atoms with E-state index in [2.05, 4.69) is 18.8 Å². The number of nitrogens with zero attached hydrogens (tertiary/aromatic N) is 1. The van der Waals surface area contributed by atoms with Gasteiger partial charge in [0.15, 0.2) is 0 Å². The maximum absolute atomic E-state index is 11.5. The highest BCUT2D eigenvalue weighted by molar-refractivity contribution is 5.78. The van der Waals surface area contributed by atoms with Gasteiger partial charge in [-0.05, 0) is 20.3 Å². The molecule has 0 aliphatic rings. The molecule has 0 aliphatic carbocycles. The Balaban J connectivity index is 3.68. The van der Waals surface area contributed by atoms with E-state index < -0.39 is 0 Å². The minimum absolute atomic E-state index is 0.156. The molecule has 0 bridgehead atoms. The van der Waals surface area contributed by atoms with Crippen LogP contribution in [0.25, 0.3) is 0 Å². The van der Waals surface area contributed by atoms with Crippen molar-refractivity contribution in [2.75, 3.05) is 13.1 Å². The van der Waals surface area contributed by atoms with Crippen molar-refractivity contribution in [2.24, 2.45) is 0 Å². The van der Waals surface area contributed by atoms with Crippen LogP contribution >= 0.6 is 0 Å². The molecule has 0 N–H and O–H groups in total. The van der Waals surface area contributed by atoms with Crippen molar-refractivity contribution < 1.29 is 4.79 Å². The Hall–Kier alpha value is -0.970. The number of hydrogen-bond acceptors (Lipinski definition) is 1. The highest BCUT2D eigenvalue weighted by Crippen LogP contribution is 1.97. The topological polar surface area (TPSA) is 20.3 Å². The number of amides is 1. The second-order valence-corrected chi connectivity index (χ2v) is 3.55. The highest BCUT2D eigenvalue weighted by atomic mass is 16.2. The smallest absolute Gasteiger partial charge is 0.234 e. The maximum atomic E-state index is 11.5. The van der Waals surface area contributed by atoms with Gasteiger partial charge >= 0.3 is 0 Å². The van der Waals surface area contributed by atoms with Gasteiger partial charge in [0.2, 0.25) is 5.91 Å². The Labute approximate surface area is 94.0 Å². The van der Waals surface area contributed by atoms with Crippen LogP contribution in [-0.4, -0.2) is 23.9 Å². The number of carbonyl (C=O) groups excluding carboxylic acids is 1. The standard InChI is InChI=1S/C13H23NO/c1-4-7-8-9-10-11-12-13(15)14(5-2)6-3/h4-9,12H2,1-3H3. The summed E-state index contributed by atoms with van der Waals surface area (Å²) in [6.45, 7) is 7.74. The van der Waals surface area contributed by atoms with Gasteiger partial charge in [-0.3, -0.25) is 4.79 Å². The van der Waals surface area contributed by atoms with Crippen LogP contribution in [0.4, 0.5) is 0 Å². The molecule has 0 aromatic carbocycles. The second-order valence-electron chi connectivity index (χ2n) is 3.55. The van der Waals surface area contributed by atoms with E-state index in [-0.39, 0.29) is 5.91 Å². The van der Waals surface area contributed by atoms with Gasteiger partial charge in [0.1, 0.15) is 0 Å². The van der Waals surface area contributed by atoms with Gasteiger partial charge in [-0.25, -0.2) is 0 Å². The largest absolute Gasteiger partial charge is 0.342 e. The van der Waals surface area contributed by atoms with Gasteiger partial charge in [-0.2, -0.15) is 0 Å². The van der Waals surface area contributed by atoms with Crippen LogP contribution in [0, 0.1) is 11.8 Å². The monoisotopic (exact) mass is 209 g/mol. The lowest BCUT2D eigenvalue weighted by Gasteiger charge is -2.16. The van der Waals surface area contributed by atoms with Crippen molar-refractivity contribution in [3.8, 4) is 11.8 Å². The summed E-state index contributed by atoms with van der Waals surface area (Å²) < 4.78 is 0. The Morgan fingerprint density at radius 1 is 1.07 bits per heavy atom. The van der Waals surface area contributed by atoms with E-state index in [4.69, 9.17) is 0 Å². The van der Waals surface area contributed by atoms with Gasteiger partial charge in [0.25, 0.3) is 0 Å². The fraction of sp³-hybridized carbons (Fsp3) is 0.769. The van der Waals surface area contributed by atoms with Crippen LogP contribution in [-0.2, 0) is 4.79 Å². The molecule has 2 nitrogen and oxygen atoms in total. The second kappa shape index (κ2) is 9.58. The zero-order chi connectivity index (χ0) is 11.5. The molecule has 86 valence electrons. The lowest BCUT2D eigenvalue weighted by molar-refractivity contribution is -0.129. The summed E-state index contributed by atoms with van der Waals surface area (Å²) >= 11 is 0. The summed E-state index contributed by atoms with van der Waals surface area (Å²) in [7, 11) is 0. The molecule has 0 aliphatic heterocycles.